The number of methoxy groups -OCH3 is 2. The second kappa shape index (κ2) is 9.97. The highest BCUT2D eigenvalue weighted by Crippen LogP contribution is 2.53. The van der Waals surface area contributed by atoms with E-state index in [2.05, 4.69) is 10.6 Å². The number of halogens is 1. The average Bonchev–Trinajstić information content (AvgIpc) is 3.53. The number of hydrogen-bond donors (Lipinski definition) is 4. The van der Waals surface area contributed by atoms with Crippen molar-refractivity contribution in [2.75, 3.05) is 26.1 Å². The zero-order chi connectivity index (χ0) is 29.1. The molecule has 4 atom stereocenters. The van der Waals surface area contributed by atoms with Crippen LogP contribution < -0.4 is 20.1 Å². The Morgan fingerprint density at radius 1 is 0.902 bits per heavy atom. The molecule has 0 bridgehead atoms. The monoisotopic (exact) mass is 577 g/mol. The summed E-state index contributed by atoms with van der Waals surface area (Å²) in [6, 6.07) is 14.2. The van der Waals surface area contributed by atoms with Crippen molar-refractivity contribution in [1.82, 2.24) is 10.2 Å². The molecule has 2 fully saturated rings. The third kappa shape index (κ3) is 4.17. The second-order valence-corrected chi connectivity index (χ2v) is 10.9. The largest absolute Gasteiger partial charge is 0.504 e. The summed E-state index contributed by atoms with van der Waals surface area (Å²) in [5.74, 6) is -2.55. The number of carbonyl (C=O) groups is 3. The van der Waals surface area contributed by atoms with Gasteiger partial charge in [0.2, 0.25) is 17.7 Å². The van der Waals surface area contributed by atoms with Gasteiger partial charge in [-0.25, -0.2) is 0 Å². The molecule has 3 aliphatic rings. The summed E-state index contributed by atoms with van der Waals surface area (Å²) in [4.78, 5) is 43.0. The smallest absolute Gasteiger partial charge is 0.250 e. The number of phenols is 2. The maximum Gasteiger partial charge on any atom is 0.250 e. The average molecular weight is 578 g/mol. The molecule has 0 saturated carbocycles. The van der Waals surface area contributed by atoms with Gasteiger partial charge in [-0.1, -0.05) is 23.7 Å². The maximum atomic E-state index is 14.1. The number of likely N-dealkylation sites (tertiary alicyclic amines) is 1. The van der Waals surface area contributed by atoms with E-state index in [1.54, 1.807) is 43.5 Å². The molecule has 0 aliphatic carbocycles. The lowest BCUT2D eigenvalue weighted by molar-refractivity contribution is -0.142. The zero-order valence-corrected chi connectivity index (χ0v) is 23.1. The lowest BCUT2D eigenvalue weighted by Gasteiger charge is -2.29. The molecule has 41 heavy (non-hydrogen) atoms. The van der Waals surface area contributed by atoms with Crippen LogP contribution in [0.1, 0.15) is 16.7 Å². The lowest BCUT2D eigenvalue weighted by Crippen LogP contribution is -2.53. The van der Waals surface area contributed by atoms with Crippen LogP contribution in [0, 0.1) is 11.8 Å². The quantitative estimate of drug-likeness (QED) is 0.248. The Bertz CT molecular complexity index is 1590. The number of benzene rings is 3. The van der Waals surface area contributed by atoms with Crippen molar-refractivity contribution in [3.63, 3.8) is 0 Å². The van der Waals surface area contributed by atoms with E-state index >= 15 is 0 Å². The van der Waals surface area contributed by atoms with Crippen LogP contribution in [0.3, 0.4) is 0 Å². The highest BCUT2D eigenvalue weighted by molar-refractivity contribution is 6.31. The van der Waals surface area contributed by atoms with Crippen LogP contribution in [0.25, 0.3) is 0 Å². The van der Waals surface area contributed by atoms with Crippen molar-refractivity contribution in [1.29, 1.82) is 0 Å². The number of ether oxygens (including phenoxy) is 2. The second-order valence-electron chi connectivity index (χ2n) is 10.5. The van der Waals surface area contributed by atoms with Crippen LogP contribution in [0.2, 0.25) is 5.02 Å². The van der Waals surface area contributed by atoms with E-state index in [1.807, 2.05) is 6.07 Å². The standard InChI is InChI=1S/C30H28ClN3O7/c1-40-23-8-4-15(13-24(23)41-2)9-10-34-27(37)25-20(11-16-3-7-21(35)22(36)12-16)33-30(26(25)28(34)38)18-14-17(31)5-6-19(18)32-29(30)39/h3-8,12-14,20,25-26,33,35-36H,9-11H2,1-2H3,(H,32,39). The van der Waals surface area contributed by atoms with Crippen molar-refractivity contribution >= 4 is 35.0 Å². The Morgan fingerprint density at radius 3 is 2.39 bits per heavy atom. The van der Waals surface area contributed by atoms with Crippen molar-refractivity contribution in [3.8, 4) is 23.0 Å². The van der Waals surface area contributed by atoms with E-state index in [0.29, 0.717) is 39.8 Å². The molecule has 0 aromatic heterocycles. The Morgan fingerprint density at radius 2 is 1.66 bits per heavy atom. The number of fused-ring (bicyclic) bond motifs is 4. The van der Waals surface area contributed by atoms with Gasteiger partial charge < -0.3 is 25.0 Å². The van der Waals surface area contributed by atoms with E-state index in [0.717, 1.165) is 5.56 Å². The number of imide groups is 1. The maximum absolute atomic E-state index is 14.1. The molecule has 10 nitrogen and oxygen atoms in total. The van der Waals surface area contributed by atoms with Gasteiger partial charge in [0, 0.05) is 28.9 Å². The molecular formula is C30H28ClN3O7. The number of anilines is 1. The number of nitrogens with one attached hydrogen (secondary N) is 2. The fourth-order valence-corrected chi connectivity index (χ4v) is 6.63. The van der Waals surface area contributed by atoms with Crippen molar-refractivity contribution in [2.45, 2.75) is 24.4 Å². The van der Waals surface area contributed by atoms with Gasteiger partial charge in [0.05, 0.1) is 26.1 Å². The molecule has 6 rings (SSSR count). The van der Waals surface area contributed by atoms with Crippen LogP contribution in [0.5, 0.6) is 23.0 Å². The number of phenolic OH excluding ortho intramolecular Hbond substituents is 2. The molecule has 3 aromatic carbocycles. The van der Waals surface area contributed by atoms with Crippen LogP contribution in [-0.2, 0) is 32.8 Å². The molecule has 3 aromatic rings. The fraction of sp³-hybridized carbons (Fsp3) is 0.300. The van der Waals surface area contributed by atoms with Gasteiger partial charge in [-0.3, -0.25) is 24.6 Å². The van der Waals surface area contributed by atoms with Crippen LogP contribution in [0.4, 0.5) is 5.69 Å². The SMILES string of the molecule is COc1ccc(CCN2C(=O)C3C(Cc4ccc(O)c(O)c4)NC4(C(=O)Nc5ccc(Cl)cc54)C3C2=O)cc1OC. The van der Waals surface area contributed by atoms with Crippen molar-refractivity contribution in [3.05, 3.63) is 76.3 Å². The van der Waals surface area contributed by atoms with E-state index in [1.165, 1.54) is 24.1 Å². The van der Waals surface area contributed by atoms with Gasteiger partial charge in [-0.15, -0.1) is 0 Å². The van der Waals surface area contributed by atoms with Gasteiger partial charge in [0.15, 0.2) is 23.0 Å². The summed E-state index contributed by atoms with van der Waals surface area (Å²) in [7, 11) is 3.08. The number of carbonyl (C=O) groups excluding carboxylic acids is 3. The summed E-state index contributed by atoms with van der Waals surface area (Å²) >= 11 is 6.33. The Hall–Kier alpha value is -4.28. The normalized spacial score (nSPS) is 24.5. The third-order valence-electron chi connectivity index (χ3n) is 8.34. The first-order valence-electron chi connectivity index (χ1n) is 13.1. The summed E-state index contributed by atoms with van der Waals surface area (Å²) in [5.41, 5.74) is 1.02. The molecule has 3 aliphatic heterocycles. The predicted molar refractivity (Wildman–Crippen MR) is 149 cm³/mol. The van der Waals surface area contributed by atoms with Crippen molar-refractivity contribution < 1.29 is 34.1 Å². The predicted octanol–water partition coefficient (Wildman–Crippen LogP) is 2.97. The van der Waals surface area contributed by atoms with E-state index in [4.69, 9.17) is 21.1 Å². The summed E-state index contributed by atoms with van der Waals surface area (Å²) in [6.07, 6.45) is 0.602. The van der Waals surface area contributed by atoms with Gasteiger partial charge in [-0.05, 0) is 66.4 Å². The number of hydrogen-bond acceptors (Lipinski definition) is 8. The minimum atomic E-state index is -1.50. The molecule has 3 amide bonds. The summed E-state index contributed by atoms with van der Waals surface area (Å²) < 4.78 is 10.7. The zero-order valence-electron chi connectivity index (χ0n) is 22.3. The highest BCUT2D eigenvalue weighted by atomic mass is 35.5. The van der Waals surface area contributed by atoms with Gasteiger partial charge >= 0.3 is 0 Å². The molecule has 0 radical (unpaired) electrons. The van der Waals surface area contributed by atoms with Crippen molar-refractivity contribution in [2.24, 2.45) is 11.8 Å². The van der Waals surface area contributed by atoms with Crippen LogP contribution >= 0.6 is 11.6 Å². The van der Waals surface area contributed by atoms with E-state index < -0.39 is 35.2 Å². The van der Waals surface area contributed by atoms with Gasteiger partial charge in [0.25, 0.3) is 0 Å². The summed E-state index contributed by atoms with van der Waals surface area (Å²) in [6.45, 7) is 0.118. The molecule has 212 valence electrons. The first-order chi connectivity index (χ1) is 19.7. The molecule has 1 spiro atoms. The summed E-state index contributed by atoms with van der Waals surface area (Å²) in [5, 5.41) is 26.4. The number of aromatic hydroxyl groups is 2. The van der Waals surface area contributed by atoms with E-state index in [9.17, 15) is 24.6 Å². The Balaban J connectivity index is 1.36. The number of rotatable bonds is 7. The first kappa shape index (κ1) is 26.9. The third-order valence-corrected chi connectivity index (χ3v) is 8.57. The van der Waals surface area contributed by atoms with Crippen LogP contribution in [-0.4, -0.2) is 59.6 Å². The van der Waals surface area contributed by atoms with E-state index in [-0.39, 0.29) is 30.4 Å². The fourth-order valence-electron chi connectivity index (χ4n) is 6.46. The highest BCUT2D eigenvalue weighted by Gasteiger charge is 2.70. The van der Waals surface area contributed by atoms with Gasteiger partial charge in [0.1, 0.15) is 5.54 Å². The Labute approximate surface area is 240 Å². The van der Waals surface area contributed by atoms with Gasteiger partial charge in [-0.2, -0.15) is 0 Å². The van der Waals surface area contributed by atoms with Crippen LogP contribution in [0.15, 0.2) is 54.6 Å². The molecule has 4 unspecified atom stereocenters. The minimum absolute atomic E-state index is 0.118. The lowest BCUT2D eigenvalue weighted by atomic mass is 9.76. The first-order valence-corrected chi connectivity index (χ1v) is 13.5. The topological polar surface area (TPSA) is 137 Å². The number of nitrogens with zero attached hydrogens (tertiary/aromatic N) is 1. The molecule has 11 heteroatoms. The molecule has 4 N–H and O–H groups in total. The molecule has 3 heterocycles. The molecule has 2 saturated heterocycles. The Kier molecular flexibility index (Phi) is 6.55. The molecular weight excluding hydrogens is 550 g/mol. The number of amides is 3. The minimum Gasteiger partial charge on any atom is -0.504 e.